The number of anilines is 3. The molecular formula is C20H16F3N3O. The summed E-state index contributed by atoms with van der Waals surface area (Å²) < 4.78 is 39.3. The van der Waals surface area contributed by atoms with Crippen molar-refractivity contribution >= 4 is 23.1 Å². The van der Waals surface area contributed by atoms with E-state index >= 15 is 0 Å². The van der Waals surface area contributed by atoms with Gasteiger partial charge in [0.15, 0.2) is 0 Å². The molecule has 4 nitrogen and oxygen atoms in total. The zero-order valence-electron chi connectivity index (χ0n) is 14.3. The summed E-state index contributed by atoms with van der Waals surface area (Å²) in [5.74, 6) is -0.239. The Hall–Kier alpha value is -3.35. The second-order valence-corrected chi connectivity index (χ2v) is 5.92. The summed E-state index contributed by atoms with van der Waals surface area (Å²) in [4.78, 5) is 16.4. The van der Waals surface area contributed by atoms with E-state index in [1.54, 1.807) is 12.1 Å². The maximum absolute atomic E-state index is 13.1. The average molecular weight is 371 g/mol. The van der Waals surface area contributed by atoms with Crippen LogP contribution in [0.25, 0.3) is 0 Å². The number of nitrogens with one attached hydrogen (secondary N) is 2. The molecule has 7 heteroatoms. The molecule has 0 aliphatic heterocycles. The summed E-state index contributed by atoms with van der Waals surface area (Å²) in [7, 11) is 0. The van der Waals surface area contributed by atoms with Gasteiger partial charge in [0, 0.05) is 17.4 Å². The molecular weight excluding hydrogens is 355 g/mol. The summed E-state index contributed by atoms with van der Waals surface area (Å²) in [6.07, 6.45) is -3.13. The second kappa shape index (κ2) is 7.49. The van der Waals surface area contributed by atoms with Gasteiger partial charge in [0.25, 0.3) is 5.91 Å². The van der Waals surface area contributed by atoms with Crippen LogP contribution in [0, 0.1) is 6.92 Å². The van der Waals surface area contributed by atoms with E-state index in [0.29, 0.717) is 5.69 Å². The molecule has 27 heavy (non-hydrogen) atoms. The molecule has 0 radical (unpaired) electrons. The summed E-state index contributed by atoms with van der Waals surface area (Å²) in [5, 5.41) is 5.37. The molecule has 0 aliphatic rings. The van der Waals surface area contributed by atoms with Crippen molar-refractivity contribution in [2.24, 2.45) is 0 Å². The molecule has 0 spiro atoms. The van der Waals surface area contributed by atoms with Gasteiger partial charge in [0.05, 0.1) is 11.3 Å². The minimum Gasteiger partial charge on any atom is -0.340 e. The van der Waals surface area contributed by atoms with Gasteiger partial charge in [-0.05, 0) is 43.3 Å². The minimum absolute atomic E-state index is 0.131. The number of pyridine rings is 1. The number of para-hydroxylation sites is 1. The van der Waals surface area contributed by atoms with Crippen LogP contribution in [0.4, 0.5) is 30.4 Å². The summed E-state index contributed by atoms with van der Waals surface area (Å²) in [6.45, 7) is 1.94. The molecule has 0 bridgehead atoms. The van der Waals surface area contributed by atoms with E-state index in [4.69, 9.17) is 0 Å². The summed E-state index contributed by atoms with van der Waals surface area (Å²) >= 11 is 0. The average Bonchev–Trinajstić information content (AvgIpc) is 2.63. The van der Waals surface area contributed by atoms with E-state index in [2.05, 4.69) is 15.6 Å². The number of carbonyl (C=O) groups is 1. The number of halogens is 3. The largest absolute Gasteiger partial charge is 0.418 e. The molecule has 138 valence electrons. The lowest BCUT2D eigenvalue weighted by molar-refractivity contribution is -0.136. The van der Waals surface area contributed by atoms with E-state index in [1.807, 2.05) is 19.1 Å². The normalized spacial score (nSPS) is 11.1. The van der Waals surface area contributed by atoms with Crippen LogP contribution in [0.5, 0.6) is 0 Å². The topological polar surface area (TPSA) is 54.0 Å². The predicted molar refractivity (Wildman–Crippen MR) is 98.1 cm³/mol. The molecule has 1 amide bonds. The molecule has 0 saturated heterocycles. The number of hydrogen-bond acceptors (Lipinski definition) is 3. The van der Waals surface area contributed by atoms with E-state index < -0.39 is 11.7 Å². The van der Waals surface area contributed by atoms with Crippen LogP contribution in [0.2, 0.25) is 0 Å². The third kappa shape index (κ3) is 4.63. The zero-order chi connectivity index (χ0) is 19.4. The Kier molecular flexibility index (Phi) is 5.12. The third-order valence-electron chi connectivity index (χ3n) is 3.83. The first-order chi connectivity index (χ1) is 12.8. The molecule has 0 saturated carbocycles. The Labute approximate surface area is 154 Å². The number of nitrogens with zero attached hydrogens (tertiary/aromatic N) is 1. The molecule has 2 aromatic carbocycles. The highest BCUT2D eigenvalue weighted by Crippen LogP contribution is 2.35. The van der Waals surface area contributed by atoms with Gasteiger partial charge in [0.1, 0.15) is 5.82 Å². The monoisotopic (exact) mass is 371 g/mol. The Morgan fingerprint density at radius 2 is 1.70 bits per heavy atom. The van der Waals surface area contributed by atoms with Crippen LogP contribution in [0.15, 0.2) is 66.9 Å². The van der Waals surface area contributed by atoms with Gasteiger partial charge in [-0.25, -0.2) is 4.98 Å². The van der Waals surface area contributed by atoms with Crippen LogP contribution < -0.4 is 10.6 Å². The van der Waals surface area contributed by atoms with Crippen LogP contribution >= 0.6 is 0 Å². The summed E-state index contributed by atoms with van der Waals surface area (Å²) in [6, 6.07) is 15.3. The van der Waals surface area contributed by atoms with E-state index in [9.17, 15) is 18.0 Å². The molecule has 3 rings (SSSR count). The highest BCUT2D eigenvalue weighted by Gasteiger charge is 2.33. The van der Waals surface area contributed by atoms with Crippen molar-refractivity contribution in [2.75, 3.05) is 10.6 Å². The first-order valence-corrected chi connectivity index (χ1v) is 8.10. The number of aryl methyl sites for hydroxylation is 1. The van der Waals surface area contributed by atoms with Crippen molar-refractivity contribution in [1.29, 1.82) is 0 Å². The standard InChI is InChI=1S/C20H16F3N3O/c1-13-6-8-15(9-7-13)25-19(27)14-10-11-24-18(12-14)26-17-5-3-2-4-16(17)20(21,22)23/h2-12H,1H3,(H,24,26)(H,25,27). The van der Waals surface area contributed by atoms with Gasteiger partial charge in [-0.15, -0.1) is 0 Å². The lowest BCUT2D eigenvalue weighted by atomic mass is 10.1. The third-order valence-corrected chi connectivity index (χ3v) is 3.83. The molecule has 1 aromatic heterocycles. The van der Waals surface area contributed by atoms with Crippen molar-refractivity contribution in [3.63, 3.8) is 0 Å². The smallest absolute Gasteiger partial charge is 0.340 e. The number of benzene rings is 2. The maximum Gasteiger partial charge on any atom is 0.418 e. The fraction of sp³-hybridized carbons (Fsp3) is 0.100. The number of hydrogen-bond donors (Lipinski definition) is 2. The van der Waals surface area contributed by atoms with Gasteiger partial charge >= 0.3 is 6.18 Å². The summed E-state index contributed by atoms with van der Waals surface area (Å²) in [5.41, 5.74) is 1.03. The molecule has 0 unspecified atom stereocenters. The van der Waals surface area contributed by atoms with Gasteiger partial charge in [-0.1, -0.05) is 29.8 Å². The molecule has 0 aliphatic carbocycles. The number of alkyl halides is 3. The predicted octanol–water partition coefficient (Wildman–Crippen LogP) is 5.40. The van der Waals surface area contributed by atoms with Crippen LogP contribution in [-0.2, 0) is 6.18 Å². The molecule has 3 aromatic rings. The maximum atomic E-state index is 13.1. The minimum atomic E-state index is -4.50. The molecule has 0 fully saturated rings. The van der Waals surface area contributed by atoms with E-state index in [1.165, 1.54) is 36.5 Å². The van der Waals surface area contributed by atoms with Crippen molar-refractivity contribution in [2.45, 2.75) is 13.1 Å². The van der Waals surface area contributed by atoms with Crippen molar-refractivity contribution in [3.8, 4) is 0 Å². The highest BCUT2D eigenvalue weighted by molar-refractivity contribution is 6.04. The first-order valence-electron chi connectivity index (χ1n) is 8.10. The van der Waals surface area contributed by atoms with Crippen molar-refractivity contribution in [3.05, 3.63) is 83.6 Å². The molecule has 2 N–H and O–H groups in total. The molecule has 0 atom stereocenters. The Morgan fingerprint density at radius 3 is 2.41 bits per heavy atom. The first kappa shape index (κ1) is 18.4. The quantitative estimate of drug-likeness (QED) is 0.645. The Balaban J connectivity index is 1.80. The second-order valence-electron chi connectivity index (χ2n) is 5.92. The van der Waals surface area contributed by atoms with Crippen molar-refractivity contribution < 1.29 is 18.0 Å². The fourth-order valence-corrected chi connectivity index (χ4v) is 2.46. The number of carbonyl (C=O) groups excluding carboxylic acids is 1. The SMILES string of the molecule is Cc1ccc(NC(=O)c2ccnc(Nc3ccccc3C(F)(F)F)c2)cc1. The lowest BCUT2D eigenvalue weighted by Gasteiger charge is -2.14. The fourth-order valence-electron chi connectivity index (χ4n) is 2.46. The van der Waals surface area contributed by atoms with Crippen molar-refractivity contribution in [1.82, 2.24) is 4.98 Å². The molecule has 1 heterocycles. The van der Waals surface area contributed by atoms with Crippen LogP contribution in [-0.4, -0.2) is 10.9 Å². The van der Waals surface area contributed by atoms with Gasteiger partial charge in [0.2, 0.25) is 0 Å². The number of aromatic nitrogens is 1. The zero-order valence-corrected chi connectivity index (χ0v) is 14.3. The van der Waals surface area contributed by atoms with Gasteiger partial charge in [-0.2, -0.15) is 13.2 Å². The van der Waals surface area contributed by atoms with E-state index in [0.717, 1.165) is 11.6 Å². The number of rotatable bonds is 4. The Morgan fingerprint density at radius 1 is 1.00 bits per heavy atom. The lowest BCUT2D eigenvalue weighted by Crippen LogP contribution is -2.13. The van der Waals surface area contributed by atoms with Crippen LogP contribution in [0.3, 0.4) is 0 Å². The van der Waals surface area contributed by atoms with E-state index in [-0.39, 0.29) is 23.0 Å². The van der Waals surface area contributed by atoms with Gasteiger partial charge in [-0.3, -0.25) is 4.79 Å². The number of amides is 1. The van der Waals surface area contributed by atoms with Crippen LogP contribution in [0.1, 0.15) is 21.5 Å². The van der Waals surface area contributed by atoms with Gasteiger partial charge < -0.3 is 10.6 Å². The highest BCUT2D eigenvalue weighted by atomic mass is 19.4. The Bertz CT molecular complexity index is 953.